The van der Waals surface area contributed by atoms with Gasteiger partial charge in [-0.05, 0) is 24.3 Å². The molecule has 0 spiro atoms. The highest BCUT2D eigenvalue weighted by Gasteiger charge is 2.17. The van der Waals surface area contributed by atoms with E-state index >= 15 is 0 Å². The molecule has 0 bridgehead atoms. The maximum atomic E-state index is 13.6. The number of benzene rings is 1. The average molecular weight is 312 g/mol. The number of hydrogen-bond donors (Lipinski definition) is 1. The highest BCUT2D eigenvalue weighted by atomic mass is 35.5. The van der Waals surface area contributed by atoms with E-state index in [-0.39, 0.29) is 21.2 Å². The first-order valence-corrected chi connectivity index (χ1v) is 7.11. The number of anilines is 1. The zero-order valence-electron chi connectivity index (χ0n) is 9.84. The molecule has 0 aliphatic rings. The summed E-state index contributed by atoms with van der Waals surface area (Å²) in [5.74, 6) is -0.845. The van der Waals surface area contributed by atoms with E-state index in [1.807, 2.05) is 0 Å². The van der Waals surface area contributed by atoms with E-state index in [9.17, 15) is 12.8 Å². The molecule has 0 aliphatic heterocycles. The normalized spacial score (nSPS) is 10.8. The second-order valence-electron chi connectivity index (χ2n) is 3.75. The molecule has 102 valence electrons. The minimum absolute atomic E-state index is 0.0925. The number of nitrogens with zero attached hydrogens (tertiary/aromatic N) is 2. The zero-order chi connectivity index (χ0) is 14.8. The van der Waals surface area contributed by atoms with Crippen LogP contribution in [0.5, 0.6) is 0 Å². The predicted octanol–water partition coefficient (Wildman–Crippen LogP) is 2.55. The van der Waals surface area contributed by atoms with Gasteiger partial charge in [0.25, 0.3) is 10.0 Å². The Labute approximate surface area is 119 Å². The molecule has 0 saturated heterocycles. The molecular formula is C12H7ClFN3O2S. The first kappa shape index (κ1) is 14.2. The van der Waals surface area contributed by atoms with Crippen molar-refractivity contribution in [3.8, 4) is 6.07 Å². The summed E-state index contributed by atoms with van der Waals surface area (Å²) >= 11 is 5.66. The molecule has 0 atom stereocenters. The fraction of sp³-hybridized carbons (Fsp3) is 0. The van der Waals surface area contributed by atoms with E-state index in [1.165, 1.54) is 24.4 Å². The Morgan fingerprint density at radius 3 is 2.65 bits per heavy atom. The molecule has 8 heteroatoms. The number of nitrogens with one attached hydrogen (secondary N) is 1. The maximum Gasteiger partial charge on any atom is 0.263 e. The largest absolute Gasteiger partial charge is 0.277 e. The first-order valence-electron chi connectivity index (χ1n) is 5.25. The van der Waals surface area contributed by atoms with Crippen LogP contribution in [-0.4, -0.2) is 13.4 Å². The monoisotopic (exact) mass is 311 g/mol. The van der Waals surface area contributed by atoms with Crippen LogP contribution in [0.2, 0.25) is 5.02 Å². The van der Waals surface area contributed by atoms with Gasteiger partial charge in [-0.3, -0.25) is 9.71 Å². The van der Waals surface area contributed by atoms with Crippen molar-refractivity contribution in [3.63, 3.8) is 0 Å². The van der Waals surface area contributed by atoms with Crippen LogP contribution in [0, 0.1) is 17.1 Å². The van der Waals surface area contributed by atoms with Crippen molar-refractivity contribution in [1.29, 1.82) is 5.26 Å². The lowest BCUT2D eigenvalue weighted by Crippen LogP contribution is -2.14. The summed E-state index contributed by atoms with van der Waals surface area (Å²) in [4.78, 5) is 3.47. The lowest BCUT2D eigenvalue weighted by atomic mass is 10.2. The van der Waals surface area contributed by atoms with Gasteiger partial charge < -0.3 is 0 Å². The van der Waals surface area contributed by atoms with Crippen LogP contribution in [0.4, 0.5) is 10.1 Å². The van der Waals surface area contributed by atoms with Gasteiger partial charge >= 0.3 is 0 Å². The molecule has 0 aliphatic carbocycles. The van der Waals surface area contributed by atoms with Crippen molar-refractivity contribution < 1.29 is 12.8 Å². The van der Waals surface area contributed by atoms with Crippen molar-refractivity contribution in [2.45, 2.75) is 4.90 Å². The average Bonchev–Trinajstić information content (AvgIpc) is 2.41. The van der Waals surface area contributed by atoms with Gasteiger partial charge in [-0.1, -0.05) is 11.6 Å². The molecule has 2 rings (SSSR count). The number of hydrogen-bond acceptors (Lipinski definition) is 4. The molecule has 1 N–H and O–H groups in total. The molecule has 1 aromatic heterocycles. The summed E-state index contributed by atoms with van der Waals surface area (Å²) in [6, 6.07) is 6.36. The Balaban J connectivity index is 2.36. The van der Waals surface area contributed by atoms with Crippen LogP contribution in [0.1, 0.15) is 5.56 Å². The fourth-order valence-corrected chi connectivity index (χ4v) is 2.70. The lowest BCUT2D eigenvalue weighted by molar-refractivity contribution is 0.598. The van der Waals surface area contributed by atoms with Crippen LogP contribution >= 0.6 is 11.6 Å². The zero-order valence-corrected chi connectivity index (χ0v) is 11.4. The van der Waals surface area contributed by atoms with Gasteiger partial charge in [-0.15, -0.1) is 0 Å². The van der Waals surface area contributed by atoms with Gasteiger partial charge in [0.15, 0.2) is 0 Å². The fourth-order valence-electron chi connectivity index (χ4n) is 1.41. The van der Waals surface area contributed by atoms with Gasteiger partial charge in [-0.25, -0.2) is 12.8 Å². The number of nitriles is 1. The van der Waals surface area contributed by atoms with E-state index in [0.29, 0.717) is 0 Å². The molecule has 0 radical (unpaired) electrons. The number of halogens is 2. The van der Waals surface area contributed by atoms with Gasteiger partial charge in [-0.2, -0.15) is 5.26 Å². The second-order valence-corrected chi connectivity index (χ2v) is 5.87. The highest BCUT2D eigenvalue weighted by Crippen LogP contribution is 2.21. The Hall–Kier alpha value is -2.17. The molecule has 1 aromatic carbocycles. The molecule has 0 amide bonds. The van der Waals surface area contributed by atoms with Gasteiger partial charge in [0.05, 0.1) is 22.3 Å². The molecule has 2 aromatic rings. The van der Waals surface area contributed by atoms with Gasteiger partial charge in [0, 0.05) is 12.4 Å². The minimum Gasteiger partial charge on any atom is -0.277 e. The summed E-state index contributed by atoms with van der Waals surface area (Å²) in [6.07, 6.45) is 2.37. The Morgan fingerprint density at radius 2 is 2.05 bits per heavy atom. The van der Waals surface area contributed by atoms with Crippen molar-refractivity contribution in [2.24, 2.45) is 0 Å². The topological polar surface area (TPSA) is 82.9 Å². The smallest absolute Gasteiger partial charge is 0.263 e. The van der Waals surface area contributed by atoms with E-state index in [4.69, 9.17) is 16.9 Å². The third-order valence-corrected chi connectivity index (χ3v) is 3.87. The molecule has 1 heterocycles. The molecule has 0 saturated carbocycles. The first-order chi connectivity index (χ1) is 9.42. The number of pyridine rings is 1. The summed E-state index contributed by atoms with van der Waals surface area (Å²) in [5, 5.41) is 8.76. The summed E-state index contributed by atoms with van der Waals surface area (Å²) in [7, 11) is -4.00. The van der Waals surface area contributed by atoms with Crippen LogP contribution in [0.15, 0.2) is 41.6 Å². The van der Waals surface area contributed by atoms with E-state index in [1.54, 1.807) is 6.07 Å². The maximum absolute atomic E-state index is 13.6. The molecule has 5 nitrogen and oxygen atoms in total. The molecular weight excluding hydrogens is 305 g/mol. The van der Waals surface area contributed by atoms with Crippen LogP contribution in [-0.2, 0) is 10.0 Å². The molecule has 0 unspecified atom stereocenters. The summed E-state index contributed by atoms with van der Waals surface area (Å²) in [5.41, 5.74) is -0.168. The van der Waals surface area contributed by atoms with Crippen molar-refractivity contribution >= 4 is 27.3 Å². The predicted molar refractivity (Wildman–Crippen MR) is 71.2 cm³/mol. The van der Waals surface area contributed by atoms with E-state index in [2.05, 4.69) is 9.71 Å². The lowest BCUT2D eigenvalue weighted by Gasteiger charge is -2.08. The number of sulfonamides is 1. The summed E-state index contributed by atoms with van der Waals surface area (Å²) < 4.78 is 39.8. The standard InChI is InChI=1S/C12H7ClFN3O2S/c13-9-4-10(7-16-6-9)20(18,19)17-12-2-1-8(5-15)3-11(12)14/h1-4,6-7,17H. The van der Waals surface area contributed by atoms with Crippen molar-refractivity contribution in [2.75, 3.05) is 4.72 Å². The quantitative estimate of drug-likeness (QED) is 0.944. The van der Waals surface area contributed by atoms with E-state index < -0.39 is 15.8 Å². The molecule has 0 fully saturated rings. The Kier molecular flexibility index (Phi) is 3.88. The third-order valence-electron chi connectivity index (χ3n) is 2.33. The van der Waals surface area contributed by atoms with Gasteiger partial charge in [0.1, 0.15) is 10.7 Å². The molecule has 20 heavy (non-hydrogen) atoms. The van der Waals surface area contributed by atoms with Crippen LogP contribution < -0.4 is 4.72 Å². The Bertz CT molecular complexity index is 803. The van der Waals surface area contributed by atoms with Gasteiger partial charge in [0.2, 0.25) is 0 Å². The van der Waals surface area contributed by atoms with Crippen molar-refractivity contribution in [3.05, 3.63) is 53.1 Å². The number of aromatic nitrogens is 1. The second kappa shape index (κ2) is 5.45. The Morgan fingerprint density at radius 1 is 1.30 bits per heavy atom. The van der Waals surface area contributed by atoms with Crippen LogP contribution in [0.25, 0.3) is 0 Å². The van der Waals surface area contributed by atoms with Crippen LogP contribution in [0.3, 0.4) is 0 Å². The van der Waals surface area contributed by atoms with E-state index in [0.717, 1.165) is 12.3 Å². The third kappa shape index (κ3) is 3.04. The number of rotatable bonds is 3. The highest BCUT2D eigenvalue weighted by molar-refractivity contribution is 7.92. The SMILES string of the molecule is N#Cc1ccc(NS(=O)(=O)c2cncc(Cl)c2)c(F)c1. The van der Waals surface area contributed by atoms with Crippen molar-refractivity contribution in [1.82, 2.24) is 4.98 Å². The summed E-state index contributed by atoms with van der Waals surface area (Å²) in [6.45, 7) is 0. The minimum atomic E-state index is -4.00.